The maximum Gasteiger partial charge on any atom is 0.340 e. The summed E-state index contributed by atoms with van der Waals surface area (Å²) in [7, 11) is 0. The second-order valence-electron chi connectivity index (χ2n) is 3.16. The zero-order valence-corrected chi connectivity index (χ0v) is 10.5. The predicted octanol–water partition coefficient (Wildman–Crippen LogP) is 3.53. The summed E-state index contributed by atoms with van der Waals surface area (Å²) in [5, 5.41) is 13.5. The molecule has 0 unspecified atom stereocenters. The zero-order chi connectivity index (χ0) is 12.6. The molecule has 0 aliphatic heterocycles. The molecule has 1 heterocycles. The fourth-order valence-electron chi connectivity index (χ4n) is 1.30. The molecule has 2 aromatic rings. The van der Waals surface area contributed by atoms with Gasteiger partial charge in [0.25, 0.3) is 0 Å². The lowest BCUT2D eigenvalue weighted by atomic mass is 10.3. The third-order valence-electron chi connectivity index (χ3n) is 2.08. The van der Waals surface area contributed by atoms with Crippen LogP contribution in [0.15, 0.2) is 24.4 Å². The van der Waals surface area contributed by atoms with E-state index < -0.39 is 5.97 Å². The molecule has 0 bridgehead atoms. The zero-order valence-electron chi connectivity index (χ0n) is 8.19. The maximum absolute atomic E-state index is 10.8. The minimum absolute atomic E-state index is 0.0123. The quantitative estimate of drug-likeness (QED) is 0.921. The lowest BCUT2D eigenvalue weighted by Crippen LogP contribution is -1.99. The molecule has 0 fully saturated rings. The first-order valence-corrected chi connectivity index (χ1v) is 5.56. The van der Waals surface area contributed by atoms with Gasteiger partial charge in [-0.25, -0.2) is 9.48 Å². The van der Waals surface area contributed by atoms with Gasteiger partial charge in [0, 0.05) is 5.02 Å². The number of rotatable bonds is 2. The summed E-state index contributed by atoms with van der Waals surface area (Å²) in [5.41, 5.74) is 0.381. The largest absolute Gasteiger partial charge is 0.478 e. The number of carboxylic acids is 1. The van der Waals surface area contributed by atoms with Crippen molar-refractivity contribution in [3.8, 4) is 5.69 Å². The van der Waals surface area contributed by atoms with Crippen molar-refractivity contribution in [1.82, 2.24) is 9.78 Å². The Balaban J connectivity index is 2.57. The minimum Gasteiger partial charge on any atom is -0.478 e. The Hall–Kier alpha value is -1.23. The monoisotopic (exact) mass is 290 g/mol. The first-order valence-electron chi connectivity index (χ1n) is 4.43. The number of benzene rings is 1. The lowest BCUT2D eigenvalue weighted by Gasteiger charge is -2.05. The van der Waals surface area contributed by atoms with E-state index in [2.05, 4.69) is 5.10 Å². The third kappa shape index (κ3) is 2.24. The highest BCUT2D eigenvalue weighted by Crippen LogP contribution is 2.27. The average molecular weight is 292 g/mol. The van der Waals surface area contributed by atoms with Crippen molar-refractivity contribution in [2.24, 2.45) is 0 Å². The molecule has 1 N–H and O–H groups in total. The second-order valence-corrected chi connectivity index (χ2v) is 4.36. The van der Waals surface area contributed by atoms with Crippen LogP contribution in [-0.2, 0) is 0 Å². The molecule has 0 spiro atoms. The number of carbonyl (C=O) groups is 1. The molecule has 0 radical (unpaired) electrons. The summed E-state index contributed by atoms with van der Waals surface area (Å²) in [4.78, 5) is 10.8. The van der Waals surface area contributed by atoms with Crippen molar-refractivity contribution >= 4 is 40.8 Å². The molecule has 0 aliphatic rings. The Kier molecular flexibility index (Phi) is 3.28. The maximum atomic E-state index is 10.8. The first kappa shape index (κ1) is 12.2. The molecule has 0 atom stereocenters. The van der Waals surface area contributed by atoms with Gasteiger partial charge in [-0.1, -0.05) is 34.8 Å². The van der Waals surface area contributed by atoms with Crippen LogP contribution in [0.1, 0.15) is 10.4 Å². The van der Waals surface area contributed by atoms with E-state index in [1.807, 2.05) is 0 Å². The topological polar surface area (TPSA) is 55.1 Å². The number of aromatic carboxylic acids is 1. The van der Waals surface area contributed by atoms with Crippen molar-refractivity contribution in [2.45, 2.75) is 0 Å². The standard InChI is InChI=1S/C10H5Cl3N2O2/c11-5-1-2-8(7(12)3-5)15-9(13)6(4-14-15)10(16)17/h1-4H,(H,16,17). The Morgan fingerprint density at radius 1 is 1.29 bits per heavy atom. The summed E-state index contributed by atoms with van der Waals surface area (Å²) >= 11 is 17.6. The van der Waals surface area contributed by atoms with Crippen molar-refractivity contribution < 1.29 is 9.90 Å². The molecule has 4 nitrogen and oxygen atoms in total. The summed E-state index contributed by atoms with van der Waals surface area (Å²) in [6.07, 6.45) is 1.16. The van der Waals surface area contributed by atoms with Crippen LogP contribution in [-0.4, -0.2) is 20.9 Å². The Morgan fingerprint density at radius 2 is 2.00 bits per heavy atom. The van der Waals surface area contributed by atoms with Crippen molar-refractivity contribution in [2.75, 3.05) is 0 Å². The van der Waals surface area contributed by atoms with Gasteiger partial charge in [-0.05, 0) is 18.2 Å². The molecule has 2 rings (SSSR count). The van der Waals surface area contributed by atoms with E-state index in [-0.39, 0.29) is 10.7 Å². The van der Waals surface area contributed by atoms with Crippen molar-refractivity contribution in [3.63, 3.8) is 0 Å². The molecule has 0 aliphatic carbocycles. The van der Waals surface area contributed by atoms with Crippen LogP contribution in [0.4, 0.5) is 0 Å². The van der Waals surface area contributed by atoms with Crippen LogP contribution in [0.5, 0.6) is 0 Å². The van der Waals surface area contributed by atoms with E-state index in [0.717, 1.165) is 6.20 Å². The van der Waals surface area contributed by atoms with E-state index in [4.69, 9.17) is 39.9 Å². The fraction of sp³-hybridized carbons (Fsp3) is 0. The summed E-state index contributed by atoms with van der Waals surface area (Å²) in [6, 6.07) is 4.74. The Bertz CT molecular complexity index is 595. The van der Waals surface area contributed by atoms with Crippen LogP contribution in [0.2, 0.25) is 15.2 Å². The lowest BCUT2D eigenvalue weighted by molar-refractivity contribution is 0.0697. The van der Waals surface area contributed by atoms with Crippen molar-refractivity contribution in [3.05, 3.63) is 45.2 Å². The molecule has 0 amide bonds. The van der Waals surface area contributed by atoms with Crippen LogP contribution < -0.4 is 0 Å². The van der Waals surface area contributed by atoms with Gasteiger partial charge in [0.05, 0.1) is 16.9 Å². The number of carboxylic acid groups (broad SMARTS) is 1. The molecule has 0 saturated heterocycles. The molecule has 17 heavy (non-hydrogen) atoms. The fourth-order valence-corrected chi connectivity index (χ4v) is 2.05. The molecule has 0 saturated carbocycles. The van der Waals surface area contributed by atoms with Gasteiger partial charge in [0.2, 0.25) is 0 Å². The minimum atomic E-state index is -1.15. The van der Waals surface area contributed by atoms with E-state index >= 15 is 0 Å². The van der Waals surface area contributed by atoms with Gasteiger partial charge in [-0.2, -0.15) is 5.10 Å². The smallest absolute Gasteiger partial charge is 0.340 e. The summed E-state index contributed by atoms with van der Waals surface area (Å²) in [6.45, 7) is 0. The molecular weight excluding hydrogens is 286 g/mol. The predicted molar refractivity (Wildman–Crippen MR) is 65.6 cm³/mol. The van der Waals surface area contributed by atoms with E-state index in [9.17, 15) is 4.79 Å². The molecule has 88 valence electrons. The van der Waals surface area contributed by atoms with Crippen LogP contribution in [0, 0.1) is 0 Å². The van der Waals surface area contributed by atoms with Gasteiger partial charge in [0.1, 0.15) is 10.7 Å². The van der Waals surface area contributed by atoms with Crippen LogP contribution >= 0.6 is 34.8 Å². The van der Waals surface area contributed by atoms with Gasteiger partial charge < -0.3 is 5.11 Å². The summed E-state index contributed by atoms with van der Waals surface area (Å²) in [5.74, 6) is -1.15. The normalized spacial score (nSPS) is 10.5. The van der Waals surface area contributed by atoms with Gasteiger partial charge in [-0.15, -0.1) is 0 Å². The van der Waals surface area contributed by atoms with Gasteiger partial charge in [-0.3, -0.25) is 0 Å². The number of hydrogen-bond donors (Lipinski definition) is 1. The number of aromatic nitrogens is 2. The van der Waals surface area contributed by atoms with Crippen LogP contribution in [0.3, 0.4) is 0 Å². The Morgan fingerprint density at radius 3 is 2.53 bits per heavy atom. The first-order chi connectivity index (χ1) is 8.00. The molecular formula is C10H5Cl3N2O2. The highest BCUT2D eigenvalue weighted by atomic mass is 35.5. The van der Waals surface area contributed by atoms with Crippen LogP contribution in [0.25, 0.3) is 5.69 Å². The summed E-state index contributed by atoms with van der Waals surface area (Å²) < 4.78 is 1.24. The molecule has 7 heteroatoms. The number of halogens is 3. The SMILES string of the molecule is O=C(O)c1cnn(-c2ccc(Cl)cc2Cl)c1Cl. The molecule has 1 aromatic carbocycles. The Labute approximate surface area is 111 Å². The number of hydrogen-bond acceptors (Lipinski definition) is 2. The van der Waals surface area contributed by atoms with Crippen molar-refractivity contribution in [1.29, 1.82) is 0 Å². The van der Waals surface area contributed by atoms with Gasteiger partial charge in [0.15, 0.2) is 0 Å². The third-order valence-corrected chi connectivity index (χ3v) is 2.98. The second kappa shape index (κ2) is 4.56. The highest BCUT2D eigenvalue weighted by Gasteiger charge is 2.17. The highest BCUT2D eigenvalue weighted by molar-refractivity contribution is 6.36. The molecule has 1 aromatic heterocycles. The number of nitrogens with zero attached hydrogens (tertiary/aromatic N) is 2. The van der Waals surface area contributed by atoms with E-state index in [0.29, 0.717) is 15.7 Å². The van der Waals surface area contributed by atoms with E-state index in [1.165, 1.54) is 10.7 Å². The van der Waals surface area contributed by atoms with Gasteiger partial charge >= 0.3 is 5.97 Å². The van der Waals surface area contributed by atoms with E-state index in [1.54, 1.807) is 12.1 Å². The average Bonchev–Trinajstić information content (AvgIpc) is 2.60.